The van der Waals surface area contributed by atoms with E-state index in [0.29, 0.717) is 5.75 Å². The van der Waals surface area contributed by atoms with Crippen LogP contribution in [0.3, 0.4) is 0 Å². The molecule has 0 bridgehead atoms. The molecule has 0 radical (unpaired) electrons. The topological polar surface area (TPSA) is 172 Å². The summed E-state index contributed by atoms with van der Waals surface area (Å²) in [6.45, 7) is -0.0691. The van der Waals surface area contributed by atoms with E-state index in [1.54, 1.807) is 0 Å². The van der Waals surface area contributed by atoms with Gasteiger partial charge >= 0.3 is 5.69 Å². The van der Waals surface area contributed by atoms with Crippen LogP contribution in [-0.4, -0.2) is 27.8 Å². The lowest BCUT2D eigenvalue weighted by Crippen LogP contribution is -2.00. The van der Waals surface area contributed by atoms with E-state index in [-0.39, 0.29) is 29.5 Å². The maximum absolute atomic E-state index is 11.2. The molecule has 1 N–H and O–H groups in total. The third-order valence-electron chi connectivity index (χ3n) is 3.50. The molecule has 0 spiro atoms. The standard InChI is InChI=1S/C14H9N5O8/c20-17(21)9-1-2-10(12(4-9)19(24)25)16-15-6-8-3-13-14(27-7-26-13)5-11(8)18(22)23/h1-6,16H,7H2. The highest BCUT2D eigenvalue weighted by Gasteiger charge is 2.23. The zero-order valence-electron chi connectivity index (χ0n) is 13.2. The second kappa shape index (κ2) is 6.91. The van der Waals surface area contributed by atoms with Crippen molar-refractivity contribution < 1.29 is 24.2 Å². The molecule has 0 aromatic heterocycles. The quantitative estimate of drug-likeness (QED) is 0.452. The Morgan fingerprint density at radius 1 is 0.926 bits per heavy atom. The lowest BCUT2D eigenvalue weighted by Gasteiger charge is -2.03. The van der Waals surface area contributed by atoms with Crippen molar-refractivity contribution in [2.75, 3.05) is 12.2 Å². The monoisotopic (exact) mass is 375 g/mol. The van der Waals surface area contributed by atoms with E-state index in [9.17, 15) is 30.3 Å². The van der Waals surface area contributed by atoms with Gasteiger partial charge < -0.3 is 9.47 Å². The van der Waals surface area contributed by atoms with Gasteiger partial charge in [-0.15, -0.1) is 0 Å². The van der Waals surface area contributed by atoms with Crippen molar-refractivity contribution in [1.29, 1.82) is 0 Å². The summed E-state index contributed by atoms with van der Waals surface area (Å²) in [4.78, 5) is 30.8. The molecular weight excluding hydrogens is 366 g/mol. The van der Waals surface area contributed by atoms with E-state index < -0.39 is 26.1 Å². The summed E-state index contributed by atoms with van der Waals surface area (Å²) in [5.41, 5.74) is 0.977. The third-order valence-corrected chi connectivity index (χ3v) is 3.50. The van der Waals surface area contributed by atoms with Gasteiger partial charge in [0.2, 0.25) is 6.79 Å². The molecule has 2 aromatic carbocycles. The van der Waals surface area contributed by atoms with Crippen molar-refractivity contribution >= 4 is 29.0 Å². The summed E-state index contributed by atoms with van der Waals surface area (Å²) in [5.74, 6) is 0.515. The Labute approximate surface area is 149 Å². The number of hydrogen-bond donors (Lipinski definition) is 1. The number of ether oxygens (including phenoxy) is 2. The fraction of sp³-hybridized carbons (Fsp3) is 0.0714. The zero-order valence-corrected chi connectivity index (χ0v) is 13.2. The van der Waals surface area contributed by atoms with E-state index in [1.807, 2.05) is 0 Å². The van der Waals surface area contributed by atoms with Gasteiger partial charge in [0.05, 0.1) is 38.7 Å². The van der Waals surface area contributed by atoms with E-state index >= 15 is 0 Å². The van der Waals surface area contributed by atoms with Gasteiger partial charge in [0.1, 0.15) is 5.69 Å². The van der Waals surface area contributed by atoms with Crippen LogP contribution in [-0.2, 0) is 0 Å². The number of fused-ring (bicyclic) bond motifs is 1. The summed E-state index contributed by atoms with van der Waals surface area (Å²) in [6, 6.07) is 5.48. The maximum atomic E-state index is 11.2. The molecule has 3 rings (SSSR count). The summed E-state index contributed by atoms with van der Waals surface area (Å²) < 4.78 is 10.2. The molecule has 0 unspecified atom stereocenters. The van der Waals surface area contributed by atoms with E-state index in [4.69, 9.17) is 9.47 Å². The summed E-state index contributed by atoms with van der Waals surface area (Å²) in [7, 11) is 0. The van der Waals surface area contributed by atoms with Crippen molar-refractivity contribution in [3.05, 3.63) is 66.2 Å². The smallest absolute Gasteiger partial charge is 0.301 e. The number of anilines is 1. The van der Waals surface area contributed by atoms with Gasteiger partial charge in [0, 0.05) is 6.07 Å². The van der Waals surface area contributed by atoms with Crippen molar-refractivity contribution in [2.24, 2.45) is 5.10 Å². The van der Waals surface area contributed by atoms with Crippen LogP contribution < -0.4 is 14.9 Å². The molecule has 2 aromatic rings. The van der Waals surface area contributed by atoms with Crippen LogP contribution in [0.5, 0.6) is 11.5 Å². The van der Waals surface area contributed by atoms with Gasteiger partial charge in [0.25, 0.3) is 11.4 Å². The molecule has 0 saturated heterocycles. The predicted octanol–water partition coefficient (Wildman–Crippen LogP) is 2.59. The molecule has 0 amide bonds. The Bertz CT molecular complexity index is 990. The molecule has 0 aliphatic carbocycles. The number of rotatable bonds is 6. The van der Waals surface area contributed by atoms with Crippen LogP contribution in [0.25, 0.3) is 0 Å². The zero-order chi connectivity index (χ0) is 19.6. The Hall–Kier alpha value is -4.29. The predicted molar refractivity (Wildman–Crippen MR) is 90.2 cm³/mol. The lowest BCUT2D eigenvalue weighted by molar-refractivity contribution is -0.393. The highest BCUT2D eigenvalue weighted by Crippen LogP contribution is 2.37. The highest BCUT2D eigenvalue weighted by atomic mass is 16.7. The molecular formula is C14H9N5O8. The SMILES string of the molecule is O=[N+]([O-])c1ccc(NN=Cc2cc3c(cc2[N+](=O)[O-])OCO3)c([N+](=O)[O-])c1. The van der Waals surface area contributed by atoms with Gasteiger partial charge in [-0.25, -0.2) is 0 Å². The first-order valence-electron chi connectivity index (χ1n) is 7.17. The van der Waals surface area contributed by atoms with Crippen LogP contribution in [0, 0.1) is 30.3 Å². The normalized spacial score (nSPS) is 12.1. The van der Waals surface area contributed by atoms with Crippen LogP contribution in [0.2, 0.25) is 0 Å². The minimum atomic E-state index is -0.812. The molecule has 0 atom stereocenters. The van der Waals surface area contributed by atoms with Gasteiger partial charge in [-0.1, -0.05) is 0 Å². The Balaban J connectivity index is 1.89. The first-order chi connectivity index (χ1) is 12.9. The Morgan fingerprint density at radius 3 is 2.22 bits per heavy atom. The number of nitrogens with one attached hydrogen (secondary N) is 1. The average Bonchev–Trinajstić information content (AvgIpc) is 3.08. The second-order valence-electron chi connectivity index (χ2n) is 5.11. The first-order valence-corrected chi connectivity index (χ1v) is 7.17. The van der Waals surface area contributed by atoms with Crippen molar-refractivity contribution in [1.82, 2.24) is 0 Å². The van der Waals surface area contributed by atoms with E-state index in [1.165, 1.54) is 12.1 Å². The van der Waals surface area contributed by atoms with Gasteiger partial charge in [-0.05, 0) is 12.1 Å². The number of nitro groups is 3. The third kappa shape index (κ3) is 3.55. The molecule has 27 heavy (non-hydrogen) atoms. The number of hydrogen-bond acceptors (Lipinski definition) is 10. The molecule has 1 aliphatic rings. The molecule has 0 saturated carbocycles. The summed E-state index contributed by atoms with van der Waals surface area (Å²) in [6.07, 6.45) is 1.07. The molecule has 0 fully saturated rings. The van der Waals surface area contributed by atoms with Crippen LogP contribution in [0.15, 0.2) is 35.4 Å². The highest BCUT2D eigenvalue weighted by molar-refractivity contribution is 5.87. The lowest BCUT2D eigenvalue weighted by atomic mass is 10.1. The molecule has 13 nitrogen and oxygen atoms in total. The van der Waals surface area contributed by atoms with Crippen LogP contribution >= 0.6 is 0 Å². The molecule has 13 heteroatoms. The Morgan fingerprint density at radius 2 is 1.59 bits per heavy atom. The van der Waals surface area contributed by atoms with E-state index in [0.717, 1.165) is 24.4 Å². The number of hydrazone groups is 1. The molecule has 1 heterocycles. The number of nitrogens with zero attached hydrogens (tertiary/aromatic N) is 4. The van der Waals surface area contributed by atoms with Crippen molar-refractivity contribution in [3.63, 3.8) is 0 Å². The number of benzene rings is 2. The van der Waals surface area contributed by atoms with E-state index in [2.05, 4.69) is 10.5 Å². The minimum Gasteiger partial charge on any atom is -0.454 e. The summed E-state index contributed by atoms with van der Waals surface area (Å²) in [5, 5.41) is 36.7. The van der Waals surface area contributed by atoms with Gasteiger partial charge in [0.15, 0.2) is 11.5 Å². The fourth-order valence-corrected chi connectivity index (χ4v) is 2.26. The number of nitro benzene ring substituents is 3. The van der Waals surface area contributed by atoms with Gasteiger partial charge in [-0.2, -0.15) is 5.10 Å². The summed E-state index contributed by atoms with van der Waals surface area (Å²) >= 11 is 0. The van der Waals surface area contributed by atoms with Crippen molar-refractivity contribution in [3.8, 4) is 11.5 Å². The average molecular weight is 375 g/mol. The number of non-ortho nitro benzene ring substituents is 1. The van der Waals surface area contributed by atoms with Crippen molar-refractivity contribution in [2.45, 2.75) is 0 Å². The van der Waals surface area contributed by atoms with Gasteiger partial charge in [-0.3, -0.25) is 35.8 Å². The maximum Gasteiger partial charge on any atom is 0.301 e. The van der Waals surface area contributed by atoms with Crippen LogP contribution in [0.4, 0.5) is 22.7 Å². The fourth-order valence-electron chi connectivity index (χ4n) is 2.26. The minimum absolute atomic E-state index is 0.0691. The first kappa shape index (κ1) is 17.5. The second-order valence-corrected chi connectivity index (χ2v) is 5.11. The molecule has 1 aliphatic heterocycles. The van der Waals surface area contributed by atoms with Crippen LogP contribution in [0.1, 0.15) is 5.56 Å². The largest absolute Gasteiger partial charge is 0.454 e. The Kier molecular flexibility index (Phi) is 4.49. The molecule has 138 valence electrons.